The van der Waals surface area contributed by atoms with Gasteiger partial charge in [-0.3, -0.25) is 4.79 Å². The minimum absolute atomic E-state index is 0.0348. The van der Waals surface area contributed by atoms with Gasteiger partial charge in [-0.25, -0.2) is 26.5 Å². The molecular weight excluding hydrogens is 546 g/mol. The average molecular weight is 589 g/mol. The summed E-state index contributed by atoms with van der Waals surface area (Å²) >= 11 is 1.59. The second-order valence-corrected chi connectivity index (χ2v) is 13.4. The summed E-state index contributed by atoms with van der Waals surface area (Å²) in [7, 11) is -3.62. The van der Waals surface area contributed by atoms with E-state index in [1.807, 2.05) is 13.8 Å². The Bertz CT molecular complexity index is 1120. The fraction of sp³-hybridized carbons (Fsp3) is 0.630. The molecular formula is C27H42F2N4O4S2. The van der Waals surface area contributed by atoms with E-state index in [1.165, 1.54) is 4.31 Å². The Balaban J connectivity index is 2.04. The lowest BCUT2D eigenvalue weighted by Gasteiger charge is -2.25. The summed E-state index contributed by atoms with van der Waals surface area (Å²) in [5.74, 6) is -1.95. The van der Waals surface area contributed by atoms with Crippen LogP contribution in [0.4, 0.5) is 8.78 Å². The van der Waals surface area contributed by atoms with Gasteiger partial charge in [0.15, 0.2) is 0 Å². The number of hydrogen-bond acceptors (Lipinski definition) is 7. The van der Waals surface area contributed by atoms with E-state index >= 15 is 0 Å². The third kappa shape index (κ3) is 12.0. The molecule has 0 aliphatic rings. The summed E-state index contributed by atoms with van der Waals surface area (Å²) < 4.78 is 54.4. The van der Waals surface area contributed by atoms with Crippen LogP contribution in [0.15, 0.2) is 24.4 Å². The predicted molar refractivity (Wildman–Crippen MR) is 151 cm³/mol. The van der Waals surface area contributed by atoms with Crippen LogP contribution in [-0.4, -0.2) is 66.3 Å². The van der Waals surface area contributed by atoms with Crippen molar-refractivity contribution in [1.82, 2.24) is 19.9 Å². The summed E-state index contributed by atoms with van der Waals surface area (Å²) in [4.78, 5) is 18.2. The number of aliphatic hydroxyl groups excluding tert-OH is 1. The van der Waals surface area contributed by atoms with Gasteiger partial charge in [-0.15, -0.1) is 11.3 Å². The topological polar surface area (TPSA) is 112 Å². The molecule has 1 heterocycles. The fourth-order valence-electron chi connectivity index (χ4n) is 4.14. The number of aromatic nitrogens is 1. The number of rotatable bonds is 18. The first-order valence-corrected chi connectivity index (χ1v) is 15.9. The van der Waals surface area contributed by atoms with E-state index in [9.17, 15) is 27.1 Å². The molecule has 2 rings (SSSR count). The van der Waals surface area contributed by atoms with Crippen molar-refractivity contribution < 1.29 is 27.1 Å². The van der Waals surface area contributed by atoms with Crippen molar-refractivity contribution in [1.29, 1.82) is 0 Å². The average Bonchev–Trinajstić information content (AvgIpc) is 3.28. The minimum atomic E-state index is -3.62. The van der Waals surface area contributed by atoms with E-state index in [0.29, 0.717) is 38.4 Å². The molecule has 2 aromatic rings. The van der Waals surface area contributed by atoms with Crippen molar-refractivity contribution in [3.05, 3.63) is 51.5 Å². The van der Waals surface area contributed by atoms with Crippen LogP contribution in [0.5, 0.6) is 0 Å². The van der Waals surface area contributed by atoms with E-state index in [-0.39, 0.29) is 30.7 Å². The molecule has 3 N–H and O–H groups in total. The van der Waals surface area contributed by atoms with Gasteiger partial charge in [0.1, 0.15) is 11.6 Å². The molecule has 0 saturated heterocycles. The van der Waals surface area contributed by atoms with Gasteiger partial charge in [0.2, 0.25) is 15.9 Å². The number of halogens is 2. The second kappa shape index (κ2) is 16.3. The van der Waals surface area contributed by atoms with Crippen LogP contribution in [0, 0.1) is 17.6 Å². The van der Waals surface area contributed by atoms with Crippen LogP contribution in [-0.2, 0) is 34.2 Å². The molecule has 1 aromatic heterocycles. The zero-order valence-electron chi connectivity index (χ0n) is 23.3. The van der Waals surface area contributed by atoms with Gasteiger partial charge in [-0.05, 0) is 42.9 Å². The van der Waals surface area contributed by atoms with Crippen LogP contribution >= 0.6 is 11.3 Å². The standard InChI is InChI=1S/C27H42F2N4O4S2/c1-5-8-33(9-6-2)39(36,37)10-7-26(35)32-24(14-20-12-21(28)15-22(29)13-20)25(34)18-30-16-23-17-31-27(38-23)11-19(3)4/h12-13,15,17,19,24-25,30,34H,5-11,14,16,18H2,1-4H3,(H,32,35)/t24-,25+/m0/s1. The molecule has 1 aromatic carbocycles. The highest BCUT2D eigenvalue weighted by molar-refractivity contribution is 7.89. The summed E-state index contributed by atoms with van der Waals surface area (Å²) in [6, 6.07) is 2.15. The molecule has 0 bridgehead atoms. The maximum absolute atomic E-state index is 13.8. The minimum Gasteiger partial charge on any atom is -0.390 e. The first-order valence-electron chi connectivity index (χ1n) is 13.5. The molecule has 1 amide bonds. The van der Waals surface area contributed by atoms with Gasteiger partial charge in [-0.1, -0.05) is 27.7 Å². The molecule has 39 heavy (non-hydrogen) atoms. The largest absolute Gasteiger partial charge is 0.390 e. The summed E-state index contributed by atoms with van der Waals surface area (Å²) in [6.45, 7) is 9.35. The second-order valence-electron chi connectivity index (χ2n) is 10.1. The van der Waals surface area contributed by atoms with Crippen LogP contribution in [0.25, 0.3) is 0 Å². The van der Waals surface area contributed by atoms with Gasteiger partial charge in [0.25, 0.3) is 0 Å². The number of thiazole rings is 1. The van der Waals surface area contributed by atoms with Gasteiger partial charge in [-0.2, -0.15) is 0 Å². The number of nitrogens with zero attached hydrogens (tertiary/aromatic N) is 2. The number of benzene rings is 1. The van der Waals surface area contributed by atoms with Gasteiger partial charge in [0, 0.05) is 56.2 Å². The number of sulfonamides is 1. The fourth-order valence-corrected chi connectivity index (χ4v) is 6.87. The van der Waals surface area contributed by atoms with Crippen molar-refractivity contribution in [2.24, 2.45) is 5.92 Å². The molecule has 220 valence electrons. The lowest BCUT2D eigenvalue weighted by Crippen LogP contribution is -2.49. The Morgan fingerprint density at radius 1 is 1.10 bits per heavy atom. The van der Waals surface area contributed by atoms with Crippen LogP contribution in [0.2, 0.25) is 0 Å². The van der Waals surface area contributed by atoms with Crippen molar-refractivity contribution in [3.8, 4) is 0 Å². The zero-order valence-corrected chi connectivity index (χ0v) is 24.9. The third-order valence-corrected chi connectivity index (χ3v) is 8.84. The highest BCUT2D eigenvalue weighted by Gasteiger charge is 2.25. The molecule has 0 saturated carbocycles. The van der Waals surface area contributed by atoms with E-state index in [2.05, 4.69) is 29.5 Å². The number of carbonyl (C=O) groups is 1. The van der Waals surface area contributed by atoms with E-state index in [0.717, 1.165) is 34.5 Å². The molecule has 0 aliphatic carbocycles. The number of nitrogens with one attached hydrogen (secondary N) is 2. The first kappa shape index (κ1) is 33.2. The molecule has 0 spiro atoms. The first-order chi connectivity index (χ1) is 18.4. The molecule has 0 radical (unpaired) electrons. The quantitative estimate of drug-likeness (QED) is 0.245. The zero-order chi connectivity index (χ0) is 29.0. The van der Waals surface area contributed by atoms with Crippen LogP contribution in [0.3, 0.4) is 0 Å². The summed E-state index contributed by atoms with van der Waals surface area (Å²) in [5, 5.41) is 17.8. The Morgan fingerprint density at radius 3 is 2.33 bits per heavy atom. The number of carbonyl (C=O) groups excluding carboxylic acids is 1. The Hall–Kier alpha value is -1.99. The van der Waals surface area contributed by atoms with Crippen molar-refractivity contribution in [3.63, 3.8) is 0 Å². The van der Waals surface area contributed by atoms with E-state index in [1.54, 1.807) is 17.5 Å². The molecule has 0 fully saturated rings. The summed E-state index contributed by atoms with van der Waals surface area (Å²) in [6.07, 6.45) is 2.58. The molecule has 12 heteroatoms. The highest BCUT2D eigenvalue weighted by Crippen LogP contribution is 2.17. The van der Waals surface area contributed by atoms with E-state index < -0.39 is 39.7 Å². The van der Waals surface area contributed by atoms with Crippen molar-refractivity contribution in [2.75, 3.05) is 25.4 Å². The molecule has 8 nitrogen and oxygen atoms in total. The number of aliphatic hydroxyl groups is 1. The Labute approximate surface area is 235 Å². The van der Waals surface area contributed by atoms with Gasteiger partial charge < -0.3 is 15.7 Å². The predicted octanol–water partition coefficient (Wildman–Crippen LogP) is 3.64. The highest BCUT2D eigenvalue weighted by atomic mass is 32.2. The van der Waals surface area contributed by atoms with Crippen molar-refractivity contribution in [2.45, 2.75) is 78.5 Å². The maximum atomic E-state index is 13.8. The normalized spacial score (nSPS) is 13.7. The van der Waals surface area contributed by atoms with Gasteiger partial charge >= 0.3 is 0 Å². The molecule has 0 unspecified atom stereocenters. The Kier molecular flexibility index (Phi) is 13.9. The van der Waals surface area contributed by atoms with Crippen LogP contribution in [0.1, 0.15) is 62.4 Å². The molecule has 2 atom stereocenters. The third-order valence-electron chi connectivity index (χ3n) is 5.95. The number of hydrogen-bond donors (Lipinski definition) is 3. The van der Waals surface area contributed by atoms with Gasteiger partial charge in [0.05, 0.1) is 22.9 Å². The smallest absolute Gasteiger partial charge is 0.221 e. The lowest BCUT2D eigenvalue weighted by atomic mass is 10.0. The Morgan fingerprint density at radius 2 is 1.74 bits per heavy atom. The summed E-state index contributed by atoms with van der Waals surface area (Å²) in [5.41, 5.74) is 0.266. The van der Waals surface area contributed by atoms with Crippen LogP contribution < -0.4 is 10.6 Å². The monoisotopic (exact) mass is 588 g/mol. The lowest BCUT2D eigenvalue weighted by molar-refractivity contribution is -0.122. The van der Waals surface area contributed by atoms with E-state index in [4.69, 9.17) is 0 Å². The van der Waals surface area contributed by atoms with Crippen molar-refractivity contribution >= 4 is 27.3 Å². The SMILES string of the molecule is CCCN(CCC)S(=O)(=O)CCC(=O)N[C@@H](Cc1cc(F)cc(F)c1)[C@H](O)CNCc1cnc(CC(C)C)s1. The molecule has 0 aliphatic heterocycles. The maximum Gasteiger partial charge on any atom is 0.221 e. The number of amides is 1.